The molecule has 2 N–H and O–H groups in total. The van der Waals surface area contributed by atoms with Crippen molar-refractivity contribution in [2.45, 2.75) is 46.0 Å². The maximum absolute atomic E-state index is 11.1. The van der Waals surface area contributed by atoms with Crippen LogP contribution in [0.2, 0.25) is 0 Å². The smallest absolute Gasteiger partial charge is 0.173 e. The predicted octanol–water partition coefficient (Wildman–Crippen LogP) is 3.97. The highest BCUT2D eigenvalue weighted by atomic mass is 16.3. The van der Waals surface area contributed by atoms with Crippen molar-refractivity contribution in [1.29, 1.82) is 0 Å². The van der Waals surface area contributed by atoms with E-state index < -0.39 is 5.92 Å². The van der Waals surface area contributed by atoms with E-state index in [-0.39, 0.29) is 11.5 Å². The molecule has 5 rings (SSSR count). The molecule has 0 aliphatic carbocycles. The highest BCUT2D eigenvalue weighted by Gasteiger charge is 2.24. The van der Waals surface area contributed by atoms with Crippen LogP contribution in [0.3, 0.4) is 0 Å². The fourth-order valence-corrected chi connectivity index (χ4v) is 4.52. The number of tetrazole rings is 2. The summed E-state index contributed by atoms with van der Waals surface area (Å²) < 4.78 is 0. The van der Waals surface area contributed by atoms with Crippen molar-refractivity contribution >= 4 is 12.4 Å². The number of benzene rings is 3. The summed E-state index contributed by atoms with van der Waals surface area (Å²) in [6.45, 7) is 5.67. The van der Waals surface area contributed by atoms with Crippen LogP contribution in [0, 0.1) is 13.8 Å². The first-order chi connectivity index (χ1) is 19.9. The summed E-state index contributed by atoms with van der Waals surface area (Å²) in [5.74, 6) is 0.771. The van der Waals surface area contributed by atoms with Gasteiger partial charge >= 0.3 is 0 Å². The predicted molar refractivity (Wildman–Crippen MR) is 153 cm³/mol. The van der Waals surface area contributed by atoms with Gasteiger partial charge < -0.3 is 10.2 Å². The molecule has 3 aromatic carbocycles. The SMILES string of the molecule is CCCCc1cccc(C(c2cc(/C=N/n3nnnc3C)ccc2O)c2cc(/C=N/n3nnnc3C)ccc2O)c1. The Labute approximate surface area is 236 Å². The van der Waals surface area contributed by atoms with Gasteiger partial charge in [0.1, 0.15) is 11.5 Å². The van der Waals surface area contributed by atoms with E-state index in [0.717, 1.165) is 36.0 Å². The van der Waals surface area contributed by atoms with Gasteiger partial charge in [-0.1, -0.05) is 37.6 Å². The van der Waals surface area contributed by atoms with Crippen molar-refractivity contribution in [2.24, 2.45) is 10.2 Å². The molecule has 12 nitrogen and oxygen atoms in total. The molecular weight excluding hydrogens is 520 g/mol. The highest BCUT2D eigenvalue weighted by molar-refractivity contribution is 5.82. The normalized spacial score (nSPS) is 11.8. The Morgan fingerprint density at radius 2 is 1.34 bits per heavy atom. The molecule has 208 valence electrons. The third-order valence-electron chi connectivity index (χ3n) is 6.67. The summed E-state index contributed by atoms with van der Waals surface area (Å²) >= 11 is 0. The lowest BCUT2D eigenvalue weighted by molar-refractivity contribution is 0.458. The fourth-order valence-electron chi connectivity index (χ4n) is 4.52. The Morgan fingerprint density at radius 3 is 1.83 bits per heavy atom. The molecular formula is C29H30N10O2. The molecule has 41 heavy (non-hydrogen) atoms. The quantitative estimate of drug-likeness (QED) is 0.196. The molecule has 12 heteroatoms. The second kappa shape index (κ2) is 12.3. The topological polar surface area (TPSA) is 152 Å². The van der Waals surface area contributed by atoms with Crippen LogP contribution < -0.4 is 0 Å². The third kappa shape index (κ3) is 6.32. The first kappa shape index (κ1) is 27.3. The zero-order valence-corrected chi connectivity index (χ0v) is 23.0. The molecule has 0 saturated heterocycles. The minimum atomic E-state index is -0.497. The minimum absolute atomic E-state index is 0.0903. The van der Waals surface area contributed by atoms with E-state index in [9.17, 15) is 10.2 Å². The van der Waals surface area contributed by atoms with Gasteiger partial charge in [0.25, 0.3) is 0 Å². The number of hydrogen-bond acceptors (Lipinski definition) is 10. The Bertz CT molecular complexity index is 1610. The highest BCUT2D eigenvalue weighted by Crippen LogP contribution is 2.41. The van der Waals surface area contributed by atoms with E-state index in [0.29, 0.717) is 22.8 Å². The molecule has 0 unspecified atom stereocenters. The molecule has 0 atom stereocenters. The van der Waals surface area contributed by atoms with Crippen molar-refractivity contribution in [1.82, 2.24) is 40.6 Å². The van der Waals surface area contributed by atoms with Crippen molar-refractivity contribution in [3.63, 3.8) is 0 Å². The summed E-state index contributed by atoms with van der Waals surface area (Å²) in [5, 5.41) is 53.6. The number of aromatic hydroxyl groups is 2. The number of phenolic OH excluding ortho intramolecular Hbond substituents is 2. The van der Waals surface area contributed by atoms with Gasteiger partial charge in [-0.25, -0.2) is 0 Å². The van der Waals surface area contributed by atoms with E-state index in [1.807, 2.05) is 24.3 Å². The summed E-state index contributed by atoms with van der Waals surface area (Å²) in [7, 11) is 0. The van der Waals surface area contributed by atoms with Crippen molar-refractivity contribution in [2.75, 3.05) is 0 Å². The molecule has 2 heterocycles. The molecule has 0 bridgehead atoms. The molecule has 0 radical (unpaired) electrons. The number of aromatic nitrogens is 8. The third-order valence-corrected chi connectivity index (χ3v) is 6.67. The second-order valence-corrected chi connectivity index (χ2v) is 9.64. The Kier molecular flexibility index (Phi) is 8.18. The van der Waals surface area contributed by atoms with Crippen LogP contribution in [-0.2, 0) is 6.42 Å². The number of phenols is 2. The van der Waals surface area contributed by atoms with Gasteiger partial charge in [-0.2, -0.15) is 10.2 Å². The molecule has 0 saturated carbocycles. The molecule has 0 amide bonds. The zero-order valence-electron chi connectivity index (χ0n) is 23.0. The Hall–Kier alpha value is -5.26. The lowest BCUT2D eigenvalue weighted by Gasteiger charge is -2.22. The number of rotatable bonds is 10. The first-order valence-electron chi connectivity index (χ1n) is 13.3. The van der Waals surface area contributed by atoms with Crippen LogP contribution in [0.15, 0.2) is 70.9 Å². The van der Waals surface area contributed by atoms with Gasteiger partial charge in [-0.05, 0) is 106 Å². The van der Waals surface area contributed by atoms with Crippen LogP contribution in [0.1, 0.15) is 70.7 Å². The van der Waals surface area contributed by atoms with Crippen LogP contribution in [-0.4, -0.2) is 63.3 Å². The van der Waals surface area contributed by atoms with Crippen molar-refractivity contribution < 1.29 is 10.2 Å². The molecule has 5 aromatic rings. The van der Waals surface area contributed by atoms with Gasteiger partial charge in [-0.15, -0.1) is 19.8 Å². The Morgan fingerprint density at radius 1 is 0.780 bits per heavy atom. The summed E-state index contributed by atoms with van der Waals surface area (Å²) in [6.07, 6.45) is 6.33. The van der Waals surface area contributed by atoms with E-state index in [4.69, 9.17) is 0 Å². The van der Waals surface area contributed by atoms with Crippen LogP contribution >= 0.6 is 0 Å². The molecule has 0 fully saturated rings. The Balaban J connectivity index is 1.61. The summed E-state index contributed by atoms with van der Waals surface area (Å²) in [4.78, 5) is 2.64. The van der Waals surface area contributed by atoms with Crippen LogP contribution in [0.4, 0.5) is 0 Å². The maximum Gasteiger partial charge on any atom is 0.173 e. The van der Waals surface area contributed by atoms with Crippen molar-refractivity contribution in [3.05, 3.63) is 106 Å². The van der Waals surface area contributed by atoms with E-state index in [1.54, 1.807) is 50.5 Å². The van der Waals surface area contributed by atoms with Crippen LogP contribution in [0.5, 0.6) is 11.5 Å². The second-order valence-electron chi connectivity index (χ2n) is 9.64. The first-order valence-corrected chi connectivity index (χ1v) is 13.3. The molecule has 2 aromatic heterocycles. The maximum atomic E-state index is 11.1. The standard InChI is InChI=1S/C29H30N10O2/c1-4-5-7-21-8-6-9-24(14-21)29(25-15-22(10-12-27(25)40)17-30-38-19(2)32-34-36-38)26-16-23(11-13-28(26)41)18-31-39-20(3)33-35-37-39/h6,8-18,29,40-41H,4-5,7H2,1-3H3/b30-17+,31-18+. The molecule has 0 spiro atoms. The number of nitrogens with zero attached hydrogens (tertiary/aromatic N) is 10. The summed E-state index contributed by atoms with van der Waals surface area (Å²) in [5.41, 5.74) is 4.79. The average Bonchev–Trinajstić information content (AvgIpc) is 3.59. The largest absolute Gasteiger partial charge is 0.508 e. The van der Waals surface area contributed by atoms with Gasteiger partial charge in [0, 0.05) is 17.0 Å². The zero-order chi connectivity index (χ0) is 28.8. The van der Waals surface area contributed by atoms with Gasteiger partial charge in [0.15, 0.2) is 11.6 Å². The number of aryl methyl sites for hydroxylation is 3. The molecule has 0 aliphatic heterocycles. The number of unbranched alkanes of at least 4 members (excludes halogenated alkanes) is 1. The van der Waals surface area contributed by atoms with Crippen LogP contribution in [0.25, 0.3) is 0 Å². The monoisotopic (exact) mass is 550 g/mol. The summed E-state index contributed by atoms with van der Waals surface area (Å²) in [6, 6.07) is 18.7. The van der Waals surface area contributed by atoms with E-state index >= 15 is 0 Å². The van der Waals surface area contributed by atoms with Gasteiger partial charge in [0.2, 0.25) is 0 Å². The van der Waals surface area contributed by atoms with Gasteiger partial charge in [0.05, 0.1) is 12.4 Å². The lowest BCUT2D eigenvalue weighted by Crippen LogP contribution is -2.07. The fraction of sp³-hybridized carbons (Fsp3) is 0.241. The van der Waals surface area contributed by atoms with E-state index in [1.165, 1.54) is 15.1 Å². The lowest BCUT2D eigenvalue weighted by atomic mass is 9.82. The molecule has 0 aliphatic rings. The van der Waals surface area contributed by atoms with E-state index in [2.05, 4.69) is 60.3 Å². The van der Waals surface area contributed by atoms with Crippen molar-refractivity contribution in [3.8, 4) is 11.5 Å². The van der Waals surface area contributed by atoms with Gasteiger partial charge in [-0.3, -0.25) is 0 Å². The minimum Gasteiger partial charge on any atom is -0.508 e. The average molecular weight is 551 g/mol. The number of hydrogen-bond donors (Lipinski definition) is 2.